The Balaban J connectivity index is 0.000000118. The van der Waals surface area contributed by atoms with Crippen LogP contribution in [0.25, 0.3) is 0 Å². The highest BCUT2D eigenvalue weighted by atomic mass is 32.1. The number of hydrogen-bond acceptors (Lipinski definition) is 15. The first kappa shape index (κ1) is 75.6. The second kappa shape index (κ2) is 31.8. The molecule has 0 unspecified atom stereocenters. The molecule has 7 heterocycles. The van der Waals surface area contributed by atoms with Gasteiger partial charge in [-0.25, -0.2) is 0 Å². The normalized spacial score (nSPS) is 29.8. The molecule has 8 bridgehead atoms. The maximum atomic E-state index is 10.2. The van der Waals surface area contributed by atoms with Crippen molar-refractivity contribution in [3.8, 4) is 23.0 Å². The van der Waals surface area contributed by atoms with Crippen LogP contribution in [0.5, 0.6) is 23.0 Å². The van der Waals surface area contributed by atoms with Crippen molar-refractivity contribution < 1.29 is 20.4 Å². The molecule has 17 rings (SSSR count). The Kier molecular flexibility index (Phi) is 22.9. The lowest BCUT2D eigenvalue weighted by molar-refractivity contribution is 0.0404. The molecule has 9 N–H and O–H groups in total. The fraction of sp³-hybridized carbons (Fsp3) is 0.567. The Hall–Kier alpha value is -6.21. The molecule has 2 aromatic heterocycles. The first-order chi connectivity index (χ1) is 50.5. The Labute approximate surface area is 632 Å². The third-order valence-electron chi connectivity index (χ3n) is 27.6. The number of thiophene rings is 1. The van der Waals surface area contributed by atoms with E-state index in [4.69, 9.17) is 0 Å². The SMILES string of the molecule is CN1CC[C@@]2(C)c3cc(O)ccc3C[C@@H]1[C@@H]2NCCc1cccs1.CN1CC[C@@]2(C)c3cc(O)ccc3C[C@@H]1[C@H]2NCCc1ccc(C(C)(C)C)cc1.CN1CC[C@@]2(C)c3cc(O)ccc3C[C@@H]1[C@H]2NCCc1ccncc1.C[C@]12CCN(CC3CC3)[C@H](Cc3ccc(O)cc31)[C@H]2NCC1CCNCC1. The predicted molar refractivity (Wildman–Crippen MR) is 430 cm³/mol. The van der Waals surface area contributed by atoms with Crippen LogP contribution in [-0.4, -0.2) is 186 Å². The van der Waals surface area contributed by atoms with Gasteiger partial charge in [0.05, 0.1) is 0 Å². The van der Waals surface area contributed by atoms with Crippen molar-refractivity contribution in [1.82, 2.24) is 51.2 Å². The second-order valence-electron chi connectivity index (χ2n) is 35.5. The zero-order chi connectivity index (χ0) is 73.4. The van der Waals surface area contributed by atoms with Gasteiger partial charge >= 0.3 is 0 Å². The fourth-order valence-electron chi connectivity index (χ4n) is 20.8. The van der Waals surface area contributed by atoms with Crippen molar-refractivity contribution in [2.75, 3.05) is 93.1 Å². The largest absolute Gasteiger partial charge is 0.508 e. The van der Waals surface area contributed by atoms with Crippen LogP contribution in [0, 0.1) is 11.8 Å². The summed E-state index contributed by atoms with van der Waals surface area (Å²) < 4.78 is 0. The molecule has 5 aliphatic heterocycles. The number of likely N-dealkylation sites (tertiary alicyclic amines) is 4. The van der Waals surface area contributed by atoms with Crippen LogP contribution < -0.4 is 26.6 Å². The van der Waals surface area contributed by atoms with Gasteiger partial charge in [-0.05, 0) is 327 Å². The number of nitrogens with zero attached hydrogens (tertiary/aromatic N) is 5. The summed E-state index contributed by atoms with van der Waals surface area (Å²) in [6, 6.07) is 45.5. The highest BCUT2D eigenvalue weighted by Gasteiger charge is 2.54. The zero-order valence-corrected chi connectivity index (χ0v) is 65.7. The summed E-state index contributed by atoms with van der Waals surface area (Å²) in [6.07, 6.45) is 21.2. The first-order valence-corrected chi connectivity index (χ1v) is 41.1. The summed E-state index contributed by atoms with van der Waals surface area (Å²) in [5.74, 6) is 3.34. The van der Waals surface area contributed by atoms with Crippen molar-refractivity contribution in [3.05, 3.63) is 205 Å². The van der Waals surface area contributed by atoms with Crippen LogP contribution in [0.3, 0.4) is 0 Å². The molecule has 14 nitrogen and oxygen atoms in total. The van der Waals surface area contributed by atoms with Crippen molar-refractivity contribution in [1.29, 1.82) is 0 Å². The third kappa shape index (κ3) is 16.3. The lowest BCUT2D eigenvalue weighted by Gasteiger charge is -2.56. The summed E-state index contributed by atoms with van der Waals surface area (Å²) in [5, 5.41) is 61.7. The highest BCUT2D eigenvalue weighted by molar-refractivity contribution is 7.09. The van der Waals surface area contributed by atoms with E-state index in [9.17, 15) is 20.4 Å². The molecule has 564 valence electrons. The van der Waals surface area contributed by atoms with E-state index >= 15 is 0 Å². The van der Waals surface area contributed by atoms with Gasteiger partial charge in [-0.15, -0.1) is 11.3 Å². The number of rotatable bonds is 17. The monoisotopic (exact) mass is 1440 g/mol. The van der Waals surface area contributed by atoms with Crippen molar-refractivity contribution in [2.24, 2.45) is 11.8 Å². The van der Waals surface area contributed by atoms with Gasteiger partial charge in [-0.3, -0.25) is 9.88 Å². The smallest absolute Gasteiger partial charge is 0.115 e. The van der Waals surface area contributed by atoms with Gasteiger partial charge in [-0.2, -0.15) is 0 Å². The van der Waals surface area contributed by atoms with Crippen molar-refractivity contribution in [2.45, 2.75) is 220 Å². The molecular weight excluding hydrogens is 1320 g/mol. The van der Waals surface area contributed by atoms with Gasteiger partial charge in [0.1, 0.15) is 23.0 Å². The number of hydrogen-bond donors (Lipinski definition) is 9. The van der Waals surface area contributed by atoms with Gasteiger partial charge in [0, 0.05) is 100 Å². The van der Waals surface area contributed by atoms with E-state index in [1.54, 1.807) is 0 Å². The van der Waals surface area contributed by atoms with Crippen LogP contribution >= 0.6 is 11.3 Å². The quantitative estimate of drug-likeness (QED) is 0.0423. The van der Waals surface area contributed by atoms with E-state index in [1.807, 2.05) is 66.2 Å². The van der Waals surface area contributed by atoms with Gasteiger partial charge in [0.15, 0.2) is 0 Å². The van der Waals surface area contributed by atoms with E-state index in [2.05, 4.69) is 205 Å². The third-order valence-corrected chi connectivity index (χ3v) is 28.5. The van der Waals surface area contributed by atoms with Crippen LogP contribution in [0.15, 0.2) is 139 Å². The molecule has 5 aliphatic carbocycles. The lowest BCUT2D eigenvalue weighted by atomic mass is 9.61. The lowest BCUT2D eigenvalue weighted by Crippen LogP contribution is -2.67. The van der Waals surface area contributed by atoms with Gasteiger partial charge in [0.2, 0.25) is 0 Å². The molecule has 1 saturated carbocycles. The van der Waals surface area contributed by atoms with Crippen LogP contribution in [0.4, 0.5) is 0 Å². The molecule has 6 fully saturated rings. The van der Waals surface area contributed by atoms with Gasteiger partial charge in [-0.1, -0.05) is 103 Å². The number of aromatic hydroxyl groups is 4. The Bertz CT molecular complexity index is 4050. The summed E-state index contributed by atoms with van der Waals surface area (Å²) in [4.78, 5) is 15.9. The van der Waals surface area contributed by atoms with Crippen LogP contribution in [0.2, 0.25) is 0 Å². The summed E-state index contributed by atoms with van der Waals surface area (Å²) in [7, 11) is 6.76. The first-order valence-electron chi connectivity index (χ1n) is 40.3. The Morgan fingerprint density at radius 2 is 0.867 bits per heavy atom. The number of nitrogens with one attached hydrogen (secondary N) is 5. The van der Waals surface area contributed by atoms with E-state index in [-0.39, 0.29) is 27.1 Å². The van der Waals surface area contributed by atoms with Crippen molar-refractivity contribution >= 4 is 11.3 Å². The number of piperidine rings is 5. The Morgan fingerprint density at radius 1 is 0.467 bits per heavy atom. The van der Waals surface area contributed by atoms with E-state index in [0.717, 1.165) is 122 Å². The number of pyridine rings is 1. The van der Waals surface area contributed by atoms with Crippen LogP contribution in [-0.2, 0) is 72.0 Å². The molecule has 105 heavy (non-hydrogen) atoms. The summed E-state index contributed by atoms with van der Waals surface area (Å²) >= 11 is 1.84. The highest BCUT2D eigenvalue weighted by Crippen LogP contribution is 2.51. The number of phenols is 4. The fourth-order valence-corrected chi connectivity index (χ4v) is 21.5. The number of aromatic nitrogens is 1. The van der Waals surface area contributed by atoms with E-state index in [1.165, 1.54) is 124 Å². The average molecular weight is 1440 g/mol. The second-order valence-corrected chi connectivity index (χ2v) is 36.5. The standard InChI is InChI=1S/C26H36N2O.C23H35N3O.C21H27N3O.C20H26N2OS/c1-25(2,3)20-9-6-18(7-10-20)12-14-27-24-23-16-19-8-11-21(29)17-22(19)26(24,4)13-15-28(23)5;1-23-8-11-26(15-17-2-3-17)21(12-18-4-5-19(27)13-20(18)23)22(23)25-14-16-6-9-24-10-7-16;1-21-8-12-24(2)19(13-16-3-4-17(25)14-18(16)21)20(21)23-11-7-15-5-9-22-10-6-15;1-20-8-10-22(2)18(12-14-5-6-15(23)13-17(14)20)19(20)21-9-7-16-4-3-11-24-16/h6-11,17,23-24,27,29H,12-16H2,1-5H3;4-5,13,16-17,21-22,24-25,27H,2-3,6-12,14-15H2,1H3;3-6,9-10,14,19-20,23,25H,7-8,11-13H2,1-2H3;3-6,11,13,18-19,21,23H,7-10,12H2,1-2H3/t23-,24-,26+;21-,22-,23+;19-,20-,21+;18-,19+,20+/m1111/s1. The van der Waals surface area contributed by atoms with Gasteiger partial charge < -0.3 is 61.7 Å². The van der Waals surface area contributed by atoms with Crippen molar-refractivity contribution in [3.63, 3.8) is 0 Å². The molecule has 15 heteroatoms. The maximum absolute atomic E-state index is 10.2. The van der Waals surface area contributed by atoms with E-state index in [0.29, 0.717) is 71.3 Å². The zero-order valence-electron chi connectivity index (χ0n) is 64.9. The van der Waals surface area contributed by atoms with E-state index < -0.39 is 0 Å². The molecule has 0 amide bonds. The molecule has 7 aromatic rings. The van der Waals surface area contributed by atoms with Gasteiger partial charge in [0.25, 0.3) is 0 Å². The number of benzene rings is 5. The topological polar surface area (TPSA) is 167 Å². The minimum absolute atomic E-state index is 0.0690. The minimum atomic E-state index is 0.0690. The molecule has 10 aliphatic rings. The number of likely N-dealkylation sites (N-methyl/N-ethyl adjacent to an activating group) is 3. The van der Waals surface area contributed by atoms with Crippen LogP contribution in [0.1, 0.15) is 166 Å². The molecular formula is C90H124N10O4S. The molecule has 0 radical (unpaired) electrons. The average Bonchev–Trinajstić information content (AvgIpc) is 1.35. The Morgan fingerprint density at radius 3 is 1.28 bits per heavy atom. The molecule has 0 spiro atoms. The summed E-state index contributed by atoms with van der Waals surface area (Å²) in [5.41, 5.74) is 15.7. The molecule has 5 aromatic carbocycles. The maximum Gasteiger partial charge on any atom is 0.115 e. The number of fused-ring (bicyclic) bond motifs is 16. The minimum Gasteiger partial charge on any atom is -0.508 e. The predicted octanol–water partition coefficient (Wildman–Crippen LogP) is 12.7. The number of phenolic OH excluding ortho intramolecular Hbond substituents is 4. The molecule has 12 atom stereocenters. The molecule has 5 saturated heterocycles. The summed E-state index contributed by atoms with van der Waals surface area (Å²) in [6.45, 7) is 28.7.